The first kappa shape index (κ1) is 15.8. The van der Waals surface area contributed by atoms with Gasteiger partial charge in [-0.15, -0.1) is 0 Å². The second kappa shape index (κ2) is 6.89. The van der Waals surface area contributed by atoms with Crippen LogP contribution in [0.5, 0.6) is 0 Å². The number of nitrogens with zero attached hydrogens (tertiary/aromatic N) is 2. The number of carbonyl (C=O) groups is 2. The van der Waals surface area contributed by atoms with Crippen LogP contribution in [0.15, 0.2) is 36.4 Å². The van der Waals surface area contributed by atoms with E-state index >= 15 is 0 Å². The Morgan fingerprint density at radius 2 is 1.91 bits per heavy atom. The highest BCUT2D eigenvalue weighted by atomic mass is 16.2. The van der Waals surface area contributed by atoms with Crippen molar-refractivity contribution in [1.29, 1.82) is 0 Å². The largest absolute Gasteiger partial charge is 0.347 e. The van der Waals surface area contributed by atoms with E-state index in [4.69, 9.17) is 0 Å². The first-order chi connectivity index (χ1) is 10.5. The zero-order chi connectivity index (χ0) is 16.1. The van der Waals surface area contributed by atoms with E-state index in [9.17, 15) is 9.59 Å². The maximum Gasteiger partial charge on any atom is 0.272 e. The predicted molar refractivity (Wildman–Crippen MR) is 84.3 cm³/mol. The van der Waals surface area contributed by atoms with Gasteiger partial charge in [-0.2, -0.15) is 5.10 Å². The molecule has 0 atom stereocenters. The number of benzene rings is 1. The fourth-order valence-electron chi connectivity index (χ4n) is 1.83. The lowest BCUT2D eigenvalue weighted by Gasteiger charge is -2.06. The molecular formula is C16H20N4O2. The predicted octanol–water partition coefficient (Wildman–Crippen LogP) is 1.94. The summed E-state index contributed by atoms with van der Waals surface area (Å²) in [4.78, 5) is 23.8. The molecular weight excluding hydrogens is 280 g/mol. The lowest BCUT2D eigenvalue weighted by molar-refractivity contribution is -0.118. The van der Waals surface area contributed by atoms with Crippen LogP contribution < -0.4 is 10.6 Å². The SMILES string of the molecule is CC(C)C(=O)Nc1cc(C(=O)NCc2ccccc2)nn1C. The maximum atomic E-state index is 12.1. The fraction of sp³-hybridized carbons (Fsp3) is 0.312. The van der Waals surface area contributed by atoms with E-state index in [2.05, 4.69) is 15.7 Å². The molecule has 0 aliphatic rings. The molecule has 0 aliphatic carbocycles. The summed E-state index contributed by atoms with van der Waals surface area (Å²) in [6, 6.07) is 11.2. The summed E-state index contributed by atoms with van der Waals surface area (Å²) in [5, 5.41) is 9.67. The minimum absolute atomic E-state index is 0.112. The van der Waals surface area contributed by atoms with Gasteiger partial charge in [0.1, 0.15) is 5.82 Å². The molecule has 0 saturated carbocycles. The van der Waals surface area contributed by atoms with Crippen molar-refractivity contribution in [2.24, 2.45) is 13.0 Å². The van der Waals surface area contributed by atoms with Crippen molar-refractivity contribution in [2.75, 3.05) is 5.32 Å². The quantitative estimate of drug-likeness (QED) is 0.886. The van der Waals surface area contributed by atoms with Crippen molar-refractivity contribution in [1.82, 2.24) is 15.1 Å². The number of aromatic nitrogens is 2. The zero-order valence-corrected chi connectivity index (χ0v) is 13.0. The first-order valence-electron chi connectivity index (χ1n) is 7.14. The molecule has 116 valence electrons. The molecule has 22 heavy (non-hydrogen) atoms. The number of nitrogens with one attached hydrogen (secondary N) is 2. The van der Waals surface area contributed by atoms with Crippen LogP contribution in [0, 0.1) is 5.92 Å². The molecule has 1 aromatic carbocycles. The Balaban J connectivity index is 2.00. The second-order valence-corrected chi connectivity index (χ2v) is 5.35. The molecule has 0 radical (unpaired) electrons. The van der Waals surface area contributed by atoms with E-state index in [-0.39, 0.29) is 23.4 Å². The van der Waals surface area contributed by atoms with Crippen LogP contribution in [-0.2, 0) is 18.4 Å². The van der Waals surface area contributed by atoms with Crippen molar-refractivity contribution in [3.8, 4) is 0 Å². The Labute approximate surface area is 129 Å². The van der Waals surface area contributed by atoms with Crippen LogP contribution >= 0.6 is 0 Å². The topological polar surface area (TPSA) is 76.0 Å². The summed E-state index contributed by atoms with van der Waals surface area (Å²) in [6.45, 7) is 4.04. The van der Waals surface area contributed by atoms with Crippen molar-refractivity contribution in [2.45, 2.75) is 20.4 Å². The van der Waals surface area contributed by atoms with Gasteiger partial charge in [-0.1, -0.05) is 44.2 Å². The van der Waals surface area contributed by atoms with E-state index in [1.54, 1.807) is 27.0 Å². The van der Waals surface area contributed by atoms with E-state index in [1.807, 2.05) is 30.3 Å². The molecule has 2 aromatic rings. The lowest BCUT2D eigenvalue weighted by Crippen LogP contribution is -2.23. The van der Waals surface area contributed by atoms with Gasteiger partial charge >= 0.3 is 0 Å². The number of anilines is 1. The van der Waals surface area contributed by atoms with Gasteiger partial charge in [0, 0.05) is 25.6 Å². The normalized spacial score (nSPS) is 10.5. The third-order valence-electron chi connectivity index (χ3n) is 3.18. The molecule has 0 spiro atoms. The molecule has 0 unspecified atom stereocenters. The van der Waals surface area contributed by atoms with Crippen molar-refractivity contribution < 1.29 is 9.59 Å². The van der Waals surface area contributed by atoms with Gasteiger partial charge in [-0.3, -0.25) is 14.3 Å². The third-order valence-corrected chi connectivity index (χ3v) is 3.18. The molecule has 0 fully saturated rings. The molecule has 0 saturated heterocycles. The molecule has 0 aliphatic heterocycles. The van der Waals surface area contributed by atoms with Crippen molar-refractivity contribution in [3.63, 3.8) is 0 Å². The standard InChI is InChI=1S/C16H20N4O2/c1-11(2)15(21)18-14-9-13(19-20(14)3)16(22)17-10-12-7-5-4-6-8-12/h4-9,11H,10H2,1-3H3,(H,17,22)(H,18,21). The molecule has 1 aromatic heterocycles. The summed E-state index contributed by atoms with van der Waals surface area (Å²) in [5.74, 6) is -0.0161. The van der Waals surface area contributed by atoms with Crippen LogP contribution in [0.4, 0.5) is 5.82 Å². The zero-order valence-electron chi connectivity index (χ0n) is 13.0. The van der Waals surface area contributed by atoms with Gasteiger partial charge in [0.15, 0.2) is 5.69 Å². The van der Waals surface area contributed by atoms with Gasteiger partial charge < -0.3 is 10.6 Å². The van der Waals surface area contributed by atoms with E-state index in [1.165, 1.54) is 4.68 Å². The van der Waals surface area contributed by atoms with E-state index in [0.717, 1.165) is 5.56 Å². The molecule has 6 heteroatoms. The number of hydrogen-bond donors (Lipinski definition) is 2. The highest BCUT2D eigenvalue weighted by molar-refractivity contribution is 5.95. The van der Waals surface area contributed by atoms with Gasteiger partial charge in [-0.25, -0.2) is 0 Å². The molecule has 6 nitrogen and oxygen atoms in total. The highest BCUT2D eigenvalue weighted by Crippen LogP contribution is 2.11. The second-order valence-electron chi connectivity index (χ2n) is 5.35. The smallest absolute Gasteiger partial charge is 0.272 e. The summed E-state index contributed by atoms with van der Waals surface area (Å²) < 4.78 is 1.48. The van der Waals surface area contributed by atoms with Gasteiger partial charge in [0.2, 0.25) is 5.91 Å². The van der Waals surface area contributed by atoms with Crippen LogP contribution in [0.25, 0.3) is 0 Å². The molecule has 1 heterocycles. The first-order valence-corrected chi connectivity index (χ1v) is 7.14. The monoisotopic (exact) mass is 300 g/mol. The van der Waals surface area contributed by atoms with Crippen molar-refractivity contribution >= 4 is 17.6 Å². The minimum atomic E-state index is -0.274. The number of amides is 2. The summed E-state index contributed by atoms with van der Waals surface area (Å²) >= 11 is 0. The highest BCUT2D eigenvalue weighted by Gasteiger charge is 2.15. The molecule has 2 rings (SSSR count). The average molecular weight is 300 g/mol. The van der Waals surface area contributed by atoms with Gasteiger partial charge in [-0.05, 0) is 5.56 Å². The summed E-state index contributed by atoms with van der Waals surface area (Å²) in [6.07, 6.45) is 0. The van der Waals surface area contributed by atoms with Crippen LogP contribution in [0.1, 0.15) is 29.9 Å². The lowest BCUT2D eigenvalue weighted by atomic mass is 10.2. The number of aryl methyl sites for hydroxylation is 1. The number of hydrogen-bond acceptors (Lipinski definition) is 3. The van der Waals surface area contributed by atoms with E-state index < -0.39 is 0 Å². The Bertz CT molecular complexity index is 662. The Morgan fingerprint density at radius 1 is 1.23 bits per heavy atom. The summed E-state index contributed by atoms with van der Waals surface area (Å²) in [5.41, 5.74) is 1.29. The molecule has 0 bridgehead atoms. The third kappa shape index (κ3) is 3.94. The summed E-state index contributed by atoms with van der Waals surface area (Å²) in [7, 11) is 1.68. The van der Waals surface area contributed by atoms with Crippen molar-refractivity contribution in [3.05, 3.63) is 47.7 Å². The number of rotatable bonds is 5. The molecule has 2 N–H and O–H groups in total. The Morgan fingerprint density at radius 3 is 2.55 bits per heavy atom. The Hall–Kier alpha value is -2.63. The molecule has 2 amide bonds. The maximum absolute atomic E-state index is 12.1. The van der Waals surface area contributed by atoms with Gasteiger partial charge in [0.25, 0.3) is 5.91 Å². The van der Waals surface area contributed by atoms with E-state index in [0.29, 0.717) is 12.4 Å². The van der Waals surface area contributed by atoms with Crippen LogP contribution in [0.2, 0.25) is 0 Å². The van der Waals surface area contributed by atoms with Crippen LogP contribution in [-0.4, -0.2) is 21.6 Å². The van der Waals surface area contributed by atoms with Gasteiger partial charge in [0.05, 0.1) is 0 Å². The fourth-order valence-corrected chi connectivity index (χ4v) is 1.83. The Kier molecular flexibility index (Phi) is 4.93. The minimum Gasteiger partial charge on any atom is -0.347 e. The number of carbonyl (C=O) groups excluding carboxylic acids is 2. The van der Waals surface area contributed by atoms with Crippen LogP contribution in [0.3, 0.4) is 0 Å². The average Bonchev–Trinajstić information content (AvgIpc) is 2.87.